The number of hydrogen-bond donors (Lipinski definition) is 2. The first-order chi connectivity index (χ1) is 10.4. The highest BCUT2D eigenvalue weighted by atomic mass is 32.2. The third-order valence-corrected chi connectivity index (χ3v) is 5.18. The summed E-state index contributed by atoms with van der Waals surface area (Å²) in [4.78, 5) is 1.61. The van der Waals surface area contributed by atoms with Crippen LogP contribution in [0.3, 0.4) is 0 Å². The van der Waals surface area contributed by atoms with E-state index in [4.69, 9.17) is 0 Å². The van der Waals surface area contributed by atoms with E-state index in [0.29, 0.717) is 19.0 Å². The molecule has 1 aromatic carbocycles. The van der Waals surface area contributed by atoms with Crippen molar-refractivity contribution in [3.63, 3.8) is 0 Å². The number of nitrogens with one attached hydrogen (secondary N) is 1. The zero-order valence-electron chi connectivity index (χ0n) is 12.1. The number of rotatable bonds is 6. The van der Waals surface area contributed by atoms with Crippen LogP contribution in [0, 0.1) is 11.6 Å². The molecule has 0 radical (unpaired) electrons. The van der Waals surface area contributed by atoms with Crippen LogP contribution in [-0.2, 0) is 10.0 Å². The Bertz CT molecular complexity index is 602. The van der Waals surface area contributed by atoms with Crippen molar-refractivity contribution in [2.45, 2.75) is 30.3 Å². The molecule has 1 heterocycles. The average Bonchev–Trinajstić information content (AvgIpc) is 2.45. The quantitative estimate of drug-likeness (QED) is 0.764. The lowest BCUT2D eigenvalue weighted by Gasteiger charge is -2.29. The van der Waals surface area contributed by atoms with Crippen LogP contribution in [0.25, 0.3) is 0 Å². The molecule has 0 aromatic heterocycles. The summed E-state index contributed by atoms with van der Waals surface area (Å²) >= 11 is 0. The summed E-state index contributed by atoms with van der Waals surface area (Å²) in [6.45, 7) is 2.47. The SMILES string of the molecule is O=S(=O)(NCCCN1CCC(O)CC1)c1ccc(F)cc1F. The second kappa shape index (κ2) is 7.45. The van der Waals surface area contributed by atoms with Crippen molar-refractivity contribution in [1.29, 1.82) is 0 Å². The predicted octanol–water partition coefficient (Wildman–Crippen LogP) is 1.09. The minimum absolute atomic E-state index is 0.179. The first kappa shape index (κ1) is 17.3. The molecule has 1 aliphatic rings. The van der Waals surface area contributed by atoms with E-state index in [1.165, 1.54) is 0 Å². The molecule has 0 amide bonds. The van der Waals surface area contributed by atoms with Crippen LogP contribution in [0.5, 0.6) is 0 Å². The lowest BCUT2D eigenvalue weighted by molar-refractivity contribution is 0.0823. The van der Waals surface area contributed by atoms with Gasteiger partial charge in [0.2, 0.25) is 10.0 Å². The number of halogens is 2. The van der Waals surface area contributed by atoms with Gasteiger partial charge in [0.15, 0.2) is 0 Å². The Morgan fingerprint density at radius 2 is 1.95 bits per heavy atom. The molecule has 1 aliphatic heterocycles. The Balaban J connectivity index is 1.80. The molecule has 0 aliphatic carbocycles. The van der Waals surface area contributed by atoms with Gasteiger partial charge in [-0.2, -0.15) is 0 Å². The van der Waals surface area contributed by atoms with Crippen LogP contribution in [0.2, 0.25) is 0 Å². The second-order valence-corrected chi connectivity index (χ2v) is 7.13. The highest BCUT2D eigenvalue weighted by molar-refractivity contribution is 7.89. The van der Waals surface area contributed by atoms with Crippen LogP contribution in [-0.4, -0.2) is 50.7 Å². The normalized spacial score (nSPS) is 17.8. The van der Waals surface area contributed by atoms with Gasteiger partial charge in [-0.25, -0.2) is 21.9 Å². The van der Waals surface area contributed by atoms with Crippen molar-refractivity contribution >= 4 is 10.0 Å². The number of aliphatic hydroxyl groups excluding tert-OH is 1. The maximum Gasteiger partial charge on any atom is 0.243 e. The highest BCUT2D eigenvalue weighted by Gasteiger charge is 2.20. The van der Waals surface area contributed by atoms with E-state index in [1.54, 1.807) is 0 Å². The summed E-state index contributed by atoms with van der Waals surface area (Å²) in [5.41, 5.74) is 0. The van der Waals surface area contributed by atoms with Crippen molar-refractivity contribution in [2.75, 3.05) is 26.2 Å². The maximum absolute atomic E-state index is 13.5. The van der Waals surface area contributed by atoms with Gasteiger partial charge in [0.25, 0.3) is 0 Å². The average molecular weight is 334 g/mol. The summed E-state index contributed by atoms with van der Waals surface area (Å²) in [7, 11) is -3.97. The number of piperidine rings is 1. The number of hydrogen-bond acceptors (Lipinski definition) is 4. The zero-order valence-corrected chi connectivity index (χ0v) is 13.0. The molecule has 124 valence electrons. The molecule has 2 rings (SSSR count). The van der Waals surface area contributed by atoms with Gasteiger partial charge in [-0.05, 0) is 37.9 Å². The van der Waals surface area contributed by atoms with Gasteiger partial charge >= 0.3 is 0 Å². The Morgan fingerprint density at radius 1 is 1.27 bits per heavy atom. The molecular weight excluding hydrogens is 314 g/mol. The van der Waals surface area contributed by atoms with Gasteiger partial charge in [-0.1, -0.05) is 0 Å². The third kappa shape index (κ3) is 4.70. The Labute approximate surface area is 129 Å². The van der Waals surface area contributed by atoms with Crippen LogP contribution in [0.4, 0.5) is 8.78 Å². The van der Waals surface area contributed by atoms with E-state index >= 15 is 0 Å². The Hall–Kier alpha value is -1.09. The van der Waals surface area contributed by atoms with Crippen molar-refractivity contribution in [2.24, 2.45) is 0 Å². The fraction of sp³-hybridized carbons (Fsp3) is 0.571. The van der Waals surface area contributed by atoms with Gasteiger partial charge in [-0.3, -0.25) is 0 Å². The first-order valence-corrected chi connectivity index (χ1v) is 8.72. The molecule has 22 heavy (non-hydrogen) atoms. The summed E-state index contributed by atoms with van der Waals surface area (Å²) < 4.78 is 52.5. The van der Waals surface area contributed by atoms with Gasteiger partial charge in [0.1, 0.15) is 16.5 Å². The smallest absolute Gasteiger partial charge is 0.243 e. The number of benzene rings is 1. The fourth-order valence-corrected chi connectivity index (χ4v) is 3.55. The van der Waals surface area contributed by atoms with E-state index in [0.717, 1.165) is 38.1 Å². The third-order valence-electron chi connectivity index (χ3n) is 3.68. The molecule has 0 unspecified atom stereocenters. The monoisotopic (exact) mass is 334 g/mol. The van der Waals surface area contributed by atoms with E-state index in [1.807, 2.05) is 0 Å². The molecule has 0 saturated carbocycles. The lowest BCUT2D eigenvalue weighted by atomic mass is 10.1. The number of aliphatic hydroxyl groups is 1. The standard InChI is InChI=1S/C14H20F2N2O3S/c15-11-2-3-14(13(16)10-11)22(20,21)17-6-1-7-18-8-4-12(19)5-9-18/h2-3,10,12,17,19H,1,4-9H2. The van der Waals surface area contributed by atoms with Crippen LogP contribution < -0.4 is 4.72 Å². The van der Waals surface area contributed by atoms with Gasteiger partial charge in [-0.15, -0.1) is 0 Å². The molecule has 8 heteroatoms. The Morgan fingerprint density at radius 3 is 2.59 bits per heavy atom. The summed E-state index contributed by atoms with van der Waals surface area (Å²) in [5.74, 6) is -1.92. The molecule has 0 bridgehead atoms. The first-order valence-electron chi connectivity index (χ1n) is 7.23. The van der Waals surface area contributed by atoms with Crippen molar-refractivity contribution in [3.8, 4) is 0 Å². The minimum Gasteiger partial charge on any atom is -0.393 e. The largest absolute Gasteiger partial charge is 0.393 e. The van der Waals surface area contributed by atoms with Crippen LogP contribution in [0.1, 0.15) is 19.3 Å². The van der Waals surface area contributed by atoms with Gasteiger partial charge in [0, 0.05) is 25.7 Å². The molecule has 1 aromatic rings. The number of nitrogens with zero attached hydrogens (tertiary/aromatic N) is 1. The Kier molecular flexibility index (Phi) is 5.85. The topological polar surface area (TPSA) is 69.6 Å². The predicted molar refractivity (Wildman–Crippen MR) is 77.8 cm³/mol. The van der Waals surface area contributed by atoms with Gasteiger partial charge in [0.05, 0.1) is 6.10 Å². The molecule has 0 atom stereocenters. The van der Waals surface area contributed by atoms with E-state index in [2.05, 4.69) is 9.62 Å². The number of sulfonamides is 1. The van der Waals surface area contributed by atoms with Crippen LogP contribution >= 0.6 is 0 Å². The molecule has 0 spiro atoms. The fourth-order valence-electron chi connectivity index (χ4n) is 2.42. The number of likely N-dealkylation sites (tertiary alicyclic amines) is 1. The zero-order chi connectivity index (χ0) is 16.2. The maximum atomic E-state index is 13.5. The van der Waals surface area contributed by atoms with E-state index in [-0.39, 0.29) is 12.6 Å². The molecule has 5 nitrogen and oxygen atoms in total. The highest BCUT2D eigenvalue weighted by Crippen LogP contribution is 2.15. The van der Waals surface area contributed by atoms with Crippen molar-refractivity contribution in [3.05, 3.63) is 29.8 Å². The minimum atomic E-state index is -3.97. The lowest BCUT2D eigenvalue weighted by Crippen LogP contribution is -2.37. The molecule has 1 saturated heterocycles. The molecule has 2 N–H and O–H groups in total. The summed E-state index contributed by atoms with van der Waals surface area (Å²) in [6.07, 6.45) is 1.80. The van der Waals surface area contributed by atoms with Gasteiger partial charge < -0.3 is 10.0 Å². The summed E-state index contributed by atoms with van der Waals surface area (Å²) in [5, 5.41) is 9.40. The van der Waals surface area contributed by atoms with Crippen molar-refractivity contribution < 1.29 is 22.3 Å². The molecule has 1 fully saturated rings. The van der Waals surface area contributed by atoms with Crippen molar-refractivity contribution in [1.82, 2.24) is 9.62 Å². The van der Waals surface area contributed by atoms with E-state index < -0.39 is 26.6 Å². The van der Waals surface area contributed by atoms with E-state index in [9.17, 15) is 22.3 Å². The summed E-state index contributed by atoms with van der Waals surface area (Å²) in [6, 6.07) is 2.38. The van der Waals surface area contributed by atoms with Crippen LogP contribution in [0.15, 0.2) is 23.1 Å². The second-order valence-electron chi connectivity index (χ2n) is 5.40. The molecular formula is C14H20F2N2O3S.